The van der Waals surface area contributed by atoms with Crippen LogP contribution in [0.15, 0.2) is 84.9 Å². The number of rotatable bonds is 7. The van der Waals surface area contributed by atoms with Crippen LogP contribution in [0.4, 0.5) is 0 Å². The van der Waals surface area contributed by atoms with Gasteiger partial charge in [-0.3, -0.25) is 4.79 Å². The third-order valence-electron chi connectivity index (χ3n) is 4.13. The van der Waals surface area contributed by atoms with Gasteiger partial charge in [0.15, 0.2) is 5.78 Å². The zero-order valence-electron chi connectivity index (χ0n) is 14.3. The molecule has 0 radical (unpaired) electrons. The second-order valence-electron chi connectivity index (χ2n) is 5.90. The molecule has 1 atom stereocenters. The number of nitrogens with one attached hydrogen (secondary N) is 1. The molecular formula is C22H21Cl2NO. The summed E-state index contributed by atoms with van der Waals surface area (Å²) in [5, 5.41) is 4.15. The first-order valence-electron chi connectivity index (χ1n) is 8.36. The lowest BCUT2D eigenvalue weighted by Gasteiger charge is -2.18. The van der Waals surface area contributed by atoms with Crippen molar-refractivity contribution in [2.24, 2.45) is 0 Å². The summed E-state index contributed by atoms with van der Waals surface area (Å²) >= 11 is 5.93. The number of hydrogen-bond donors (Lipinski definition) is 1. The lowest BCUT2D eigenvalue weighted by Crippen LogP contribution is -2.30. The van der Waals surface area contributed by atoms with Gasteiger partial charge in [-0.2, -0.15) is 0 Å². The van der Waals surface area contributed by atoms with Crippen molar-refractivity contribution in [3.05, 3.63) is 107 Å². The van der Waals surface area contributed by atoms with Gasteiger partial charge in [-0.15, -0.1) is 12.4 Å². The lowest BCUT2D eigenvalue weighted by molar-refractivity contribution is 0.0943. The lowest BCUT2D eigenvalue weighted by atomic mass is 9.97. The molecule has 1 N–H and O–H groups in total. The zero-order valence-corrected chi connectivity index (χ0v) is 15.8. The Morgan fingerprint density at radius 1 is 0.846 bits per heavy atom. The Balaban J connectivity index is 0.00000243. The summed E-state index contributed by atoms with van der Waals surface area (Å²) in [6, 6.07) is 26.7. The maximum atomic E-state index is 13.0. The van der Waals surface area contributed by atoms with Crippen molar-refractivity contribution in [2.45, 2.75) is 12.5 Å². The van der Waals surface area contributed by atoms with Gasteiger partial charge in [0.25, 0.3) is 0 Å². The summed E-state index contributed by atoms with van der Waals surface area (Å²) in [6.07, 6.45) is 0.836. The van der Waals surface area contributed by atoms with Gasteiger partial charge >= 0.3 is 0 Å². The summed E-state index contributed by atoms with van der Waals surface area (Å²) in [4.78, 5) is 13.0. The number of carbonyl (C=O) groups excluding carboxylic acids is 1. The highest BCUT2D eigenvalue weighted by atomic mass is 35.5. The van der Waals surface area contributed by atoms with Crippen LogP contribution in [-0.4, -0.2) is 12.3 Å². The van der Waals surface area contributed by atoms with Crippen LogP contribution in [0, 0.1) is 0 Å². The number of ketones is 1. The summed E-state index contributed by atoms with van der Waals surface area (Å²) in [5.74, 6) is 0.0860. The minimum absolute atomic E-state index is 0. The molecular weight excluding hydrogens is 365 g/mol. The SMILES string of the molecule is Cl.O=C(c1ccccc1)C(NCCc1ccc(Cl)cc1)c1ccccc1. The first-order valence-corrected chi connectivity index (χ1v) is 8.74. The third-order valence-corrected chi connectivity index (χ3v) is 4.38. The molecule has 0 saturated carbocycles. The summed E-state index contributed by atoms with van der Waals surface area (Å²) in [6.45, 7) is 0.708. The van der Waals surface area contributed by atoms with Gasteiger partial charge in [-0.1, -0.05) is 84.4 Å². The van der Waals surface area contributed by atoms with E-state index in [4.69, 9.17) is 11.6 Å². The topological polar surface area (TPSA) is 29.1 Å². The number of hydrogen-bond acceptors (Lipinski definition) is 2. The van der Waals surface area contributed by atoms with E-state index in [1.54, 1.807) is 0 Å². The Morgan fingerprint density at radius 2 is 1.42 bits per heavy atom. The van der Waals surface area contributed by atoms with E-state index in [9.17, 15) is 4.79 Å². The third kappa shape index (κ3) is 5.43. The molecule has 0 aliphatic carbocycles. The molecule has 2 nitrogen and oxygen atoms in total. The molecule has 3 rings (SSSR count). The fourth-order valence-electron chi connectivity index (χ4n) is 2.79. The van der Waals surface area contributed by atoms with E-state index < -0.39 is 0 Å². The predicted molar refractivity (Wildman–Crippen MR) is 110 cm³/mol. The van der Waals surface area contributed by atoms with Crippen molar-refractivity contribution in [2.75, 3.05) is 6.54 Å². The van der Waals surface area contributed by atoms with Gasteiger partial charge in [0.05, 0.1) is 6.04 Å². The molecule has 0 saturated heterocycles. The van der Waals surface area contributed by atoms with Crippen LogP contribution in [-0.2, 0) is 6.42 Å². The van der Waals surface area contributed by atoms with Gasteiger partial charge in [0.1, 0.15) is 0 Å². The zero-order chi connectivity index (χ0) is 17.5. The molecule has 0 bridgehead atoms. The van der Waals surface area contributed by atoms with E-state index in [-0.39, 0.29) is 24.2 Å². The standard InChI is InChI=1S/C22H20ClNO.ClH/c23-20-13-11-17(12-14-20)15-16-24-21(18-7-3-1-4-8-18)22(25)19-9-5-2-6-10-19;/h1-14,21,24H,15-16H2;1H. The van der Waals surface area contributed by atoms with Crippen LogP contribution in [0.1, 0.15) is 27.5 Å². The first-order chi connectivity index (χ1) is 12.2. The minimum Gasteiger partial charge on any atom is -0.303 e. The fraction of sp³-hybridized carbons (Fsp3) is 0.136. The number of Topliss-reactive ketones (excluding diaryl/α,β-unsaturated/α-hetero) is 1. The van der Waals surface area contributed by atoms with Crippen LogP contribution in [0.25, 0.3) is 0 Å². The van der Waals surface area contributed by atoms with Crippen LogP contribution < -0.4 is 5.32 Å². The summed E-state index contributed by atoms with van der Waals surface area (Å²) in [5.41, 5.74) is 2.89. The van der Waals surface area contributed by atoms with E-state index in [2.05, 4.69) is 5.32 Å². The van der Waals surface area contributed by atoms with Gasteiger partial charge in [-0.05, 0) is 29.7 Å². The molecule has 0 fully saturated rings. The Hall–Kier alpha value is -2.13. The fourth-order valence-corrected chi connectivity index (χ4v) is 2.91. The second-order valence-corrected chi connectivity index (χ2v) is 6.34. The predicted octanol–water partition coefficient (Wildman–Crippen LogP) is 5.52. The molecule has 3 aromatic carbocycles. The molecule has 0 amide bonds. The van der Waals surface area contributed by atoms with Gasteiger partial charge < -0.3 is 5.32 Å². The summed E-state index contributed by atoms with van der Waals surface area (Å²) < 4.78 is 0. The molecule has 3 aromatic rings. The van der Waals surface area contributed by atoms with Crippen molar-refractivity contribution in [1.29, 1.82) is 0 Å². The monoisotopic (exact) mass is 385 g/mol. The highest BCUT2D eigenvalue weighted by Gasteiger charge is 2.21. The van der Waals surface area contributed by atoms with Crippen LogP contribution >= 0.6 is 24.0 Å². The molecule has 0 spiro atoms. The quantitative estimate of drug-likeness (QED) is 0.542. The van der Waals surface area contributed by atoms with Crippen molar-refractivity contribution in [3.63, 3.8) is 0 Å². The normalized spacial score (nSPS) is 11.4. The van der Waals surface area contributed by atoms with Crippen molar-refractivity contribution in [1.82, 2.24) is 5.32 Å². The average molecular weight is 386 g/mol. The molecule has 0 heterocycles. The smallest absolute Gasteiger partial charge is 0.184 e. The van der Waals surface area contributed by atoms with Crippen LogP contribution in [0.5, 0.6) is 0 Å². The van der Waals surface area contributed by atoms with Gasteiger partial charge in [0, 0.05) is 17.1 Å². The average Bonchev–Trinajstić information content (AvgIpc) is 2.67. The number of carbonyl (C=O) groups is 1. The Bertz CT molecular complexity index is 805. The van der Waals surface area contributed by atoms with E-state index in [0.717, 1.165) is 22.6 Å². The van der Waals surface area contributed by atoms with Crippen LogP contribution in [0.3, 0.4) is 0 Å². The van der Waals surface area contributed by atoms with Crippen molar-refractivity contribution < 1.29 is 4.79 Å². The molecule has 4 heteroatoms. The Kier molecular flexibility index (Phi) is 7.86. The highest BCUT2D eigenvalue weighted by molar-refractivity contribution is 6.30. The number of benzene rings is 3. The van der Waals surface area contributed by atoms with E-state index in [1.165, 1.54) is 5.56 Å². The Morgan fingerprint density at radius 3 is 2.04 bits per heavy atom. The molecule has 0 aliphatic rings. The van der Waals surface area contributed by atoms with E-state index in [0.29, 0.717) is 6.54 Å². The first kappa shape index (κ1) is 20.2. The molecule has 0 aliphatic heterocycles. The minimum atomic E-state index is -0.351. The van der Waals surface area contributed by atoms with Gasteiger partial charge in [0.2, 0.25) is 0 Å². The number of halogens is 2. The molecule has 1 unspecified atom stereocenters. The maximum Gasteiger partial charge on any atom is 0.184 e. The van der Waals surface area contributed by atoms with E-state index >= 15 is 0 Å². The molecule has 0 aromatic heterocycles. The van der Waals surface area contributed by atoms with Crippen molar-refractivity contribution in [3.8, 4) is 0 Å². The molecule has 26 heavy (non-hydrogen) atoms. The summed E-state index contributed by atoms with van der Waals surface area (Å²) in [7, 11) is 0. The van der Waals surface area contributed by atoms with Gasteiger partial charge in [-0.25, -0.2) is 0 Å². The Labute approximate surface area is 165 Å². The van der Waals surface area contributed by atoms with E-state index in [1.807, 2.05) is 84.9 Å². The van der Waals surface area contributed by atoms with Crippen LogP contribution in [0.2, 0.25) is 5.02 Å². The highest BCUT2D eigenvalue weighted by Crippen LogP contribution is 2.19. The second kappa shape index (κ2) is 10.1. The maximum absolute atomic E-state index is 13.0. The largest absolute Gasteiger partial charge is 0.303 e. The van der Waals surface area contributed by atoms with Crippen molar-refractivity contribution >= 4 is 29.8 Å². The molecule has 134 valence electrons.